The van der Waals surface area contributed by atoms with Crippen molar-refractivity contribution in [2.75, 3.05) is 17.9 Å². The second kappa shape index (κ2) is 9.51. The standard InChI is InChI=1S/C23H28N2O5S/c1-4-30-23(27)20-7-5-6-14-25(20)22(26)18-10-12-19(13-11-18)24-31(28,29)21-15-16(2)8-9-17(21)3/h8-13,15,20,24H,4-7,14H2,1-3H3. The summed E-state index contributed by atoms with van der Waals surface area (Å²) in [5.41, 5.74) is 2.26. The average Bonchev–Trinajstić information content (AvgIpc) is 2.75. The molecule has 0 aliphatic carbocycles. The van der Waals surface area contributed by atoms with Crippen LogP contribution in [0.3, 0.4) is 0 Å². The van der Waals surface area contributed by atoms with Crippen LogP contribution in [0, 0.1) is 13.8 Å². The molecule has 1 saturated heterocycles. The number of nitrogens with one attached hydrogen (secondary N) is 1. The molecule has 8 heteroatoms. The summed E-state index contributed by atoms with van der Waals surface area (Å²) in [6.07, 6.45) is 2.28. The van der Waals surface area contributed by atoms with E-state index in [2.05, 4.69) is 4.72 Å². The smallest absolute Gasteiger partial charge is 0.328 e. The minimum atomic E-state index is -3.75. The van der Waals surface area contributed by atoms with E-state index in [1.54, 1.807) is 55.1 Å². The Morgan fingerprint density at radius 1 is 1.10 bits per heavy atom. The number of anilines is 1. The van der Waals surface area contributed by atoms with Crippen molar-refractivity contribution in [1.29, 1.82) is 0 Å². The van der Waals surface area contributed by atoms with Crippen molar-refractivity contribution in [3.63, 3.8) is 0 Å². The van der Waals surface area contributed by atoms with E-state index in [1.165, 1.54) is 0 Å². The van der Waals surface area contributed by atoms with Crippen LogP contribution >= 0.6 is 0 Å². The first-order chi connectivity index (χ1) is 14.7. The third-order valence-corrected chi connectivity index (χ3v) is 6.86. The molecule has 0 radical (unpaired) electrons. The van der Waals surface area contributed by atoms with Crippen LogP contribution in [0.15, 0.2) is 47.4 Å². The lowest BCUT2D eigenvalue weighted by molar-refractivity contribution is -0.149. The first kappa shape index (κ1) is 22.8. The highest BCUT2D eigenvalue weighted by atomic mass is 32.2. The van der Waals surface area contributed by atoms with Gasteiger partial charge < -0.3 is 9.64 Å². The van der Waals surface area contributed by atoms with Gasteiger partial charge in [0.1, 0.15) is 6.04 Å². The summed E-state index contributed by atoms with van der Waals surface area (Å²) in [6, 6.07) is 10.9. The second-order valence-electron chi connectivity index (χ2n) is 7.71. The summed E-state index contributed by atoms with van der Waals surface area (Å²) in [6.45, 7) is 6.08. The highest BCUT2D eigenvalue weighted by molar-refractivity contribution is 7.92. The Bertz CT molecular complexity index is 1060. The number of likely N-dealkylation sites (tertiary alicyclic amines) is 1. The summed E-state index contributed by atoms with van der Waals surface area (Å²) >= 11 is 0. The molecule has 2 aromatic carbocycles. The third kappa shape index (κ3) is 5.25. The maximum atomic E-state index is 13.0. The van der Waals surface area contributed by atoms with Gasteiger partial charge in [0.05, 0.1) is 11.5 Å². The number of ether oxygens (including phenoxy) is 1. The van der Waals surface area contributed by atoms with Crippen LogP contribution < -0.4 is 4.72 Å². The predicted molar refractivity (Wildman–Crippen MR) is 118 cm³/mol. The van der Waals surface area contributed by atoms with E-state index in [9.17, 15) is 18.0 Å². The van der Waals surface area contributed by atoms with Crippen LogP contribution in [0.25, 0.3) is 0 Å². The van der Waals surface area contributed by atoms with Gasteiger partial charge in [-0.2, -0.15) is 0 Å². The van der Waals surface area contributed by atoms with E-state index in [1.807, 2.05) is 13.0 Å². The molecule has 31 heavy (non-hydrogen) atoms. The van der Waals surface area contributed by atoms with Crippen LogP contribution in [0.5, 0.6) is 0 Å². The lowest BCUT2D eigenvalue weighted by atomic mass is 10.0. The van der Waals surface area contributed by atoms with E-state index >= 15 is 0 Å². The molecule has 1 N–H and O–H groups in total. The number of hydrogen-bond donors (Lipinski definition) is 1. The molecule has 0 aromatic heterocycles. The maximum absolute atomic E-state index is 13.0. The highest BCUT2D eigenvalue weighted by Gasteiger charge is 2.33. The Balaban J connectivity index is 1.77. The molecule has 0 spiro atoms. The number of rotatable bonds is 6. The molecule has 1 amide bonds. The Kier molecular flexibility index (Phi) is 7.00. The lowest BCUT2D eigenvalue weighted by Gasteiger charge is -2.34. The zero-order chi connectivity index (χ0) is 22.6. The predicted octanol–water partition coefficient (Wildman–Crippen LogP) is 3.66. The van der Waals surface area contributed by atoms with E-state index in [4.69, 9.17) is 4.74 Å². The fraction of sp³-hybridized carbons (Fsp3) is 0.391. The molecule has 166 valence electrons. The van der Waals surface area contributed by atoms with Crippen molar-refractivity contribution < 1.29 is 22.7 Å². The van der Waals surface area contributed by atoms with Gasteiger partial charge in [-0.1, -0.05) is 12.1 Å². The first-order valence-electron chi connectivity index (χ1n) is 10.4. The number of carbonyl (C=O) groups excluding carboxylic acids is 2. The summed E-state index contributed by atoms with van der Waals surface area (Å²) in [7, 11) is -3.75. The molecule has 3 rings (SSSR count). The fourth-order valence-electron chi connectivity index (χ4n) is 3.71. The minimum Gasteiger partial charge on any atom is -0.464 e. The van der Waals surface area contributed by atoms with Crippen LogP contribution in [0.4, 0.5) is 5.69 Å². The molecule has 1 aliphatic heterocycles. The molecule has 1 atom stereocenters. The molecular weight excluding hydrogens is 416 g/mol. The molecular formula is C23H28N2O5S. The molecule has 1 unspecified atom stereocenters. The fourth-order valence-corrected chi connectivity index (χ4v) is 5.10. The van der Waals surface area contributed by atoms with Crippen LogP contribution in [0.1, 0.15) is 47.7 Å². The molecule has 2 aromatic rings. The zero-order valence-electron chi connectivity index (χ0n) is 18.1. The van der Waals surface area contributed by atoms with Gasteiger partial charge >= 0.3 is 5.97 Å². The molecule has 7 nitrogen and oxygen atoms in total. The highest BCUT2D eigenvalue weighted by Crippen LogP contribution is 2.24. The van der Waals surface area contributed by atoms with Crippen LogP contribution in [-0.4, -0.2) is 44.4 Å². The molecule has 0 saturated carbocycles. The van der Waals surface area contributed by atoms with Gasteiger partial charge in [0.25, 0.3) is 15.9 Å². The number of nitrogens with zero attached hydrogens (tertiary/aromatic N) is 1. The van der Waals surface area contributed by atoms with E-state index in [0.29, 0.717) is 29.8 Å². The van der Waals surface area contributed by atoms with Gasteiger partial charge in [0, 0.05) is 17.8 Å². The van der Waals surface area contributed by atoms with Gasteiger partial charge in [-0.15, -0.1) is 0 Å². The van der Waals surface area contributed by atoms with Crippen molar-refractivity contribution in [3.05, 3.63) is 59.2 Å². The maximum Gasteiger partial charge on any atom is 0.328 e. The normalized spacial score (nSPS) is 16.6. The first-order valence-corrected chi connectivity index (χ1v) is 11.9. The van der Waals surface area contributed by atoms with Crippen molar-refractivity contribution in [1.82, 2.24) is 4.90 Å². The Labute approximate surface area is 183 Å². The number of piperidine rings is 1. The summed E-state index contributed by atoms with van der Waals surface area (Å²) in [5, 5.41) is 0. The number of benzene rings is 2. The number of amides is 1. The number of aryl methyl sites for hydroxylation is 2. The van der Waals surface area contributed by atoms with Gasteiger partial charge in [-0.05, 0) is 81.5 Å². The average molecular weight is 445 g/mol. The van der Waals surface area contributed by atoms with E-state index in [0.717, 1.165) is 18.4 Å². The number of hydrogen-bond acceptors (Lipinski definition) is 5. The van der Waals surface area contributed by atoms with Gasteiger partial charge in [-0.3, -0.25) is 9.52 Å². The van der Waals surface area contributed by atoms with Crippen LogP contribution in [0.2, 0.25) is 0 Å². The summed E-state index contributed by atoms with van der Waals surface area (Å²) in [5.74, 6) is -0.643. The van der Waals surface area contributed by atoms with Gasteiger partial charge in [0.15, 0.2) is 0 Å². The quantitative estimate of drug-likeness (QED) is 0.687. The van der Waals surface area contributed by atoms with Gasteiger partial charge in [-0.25, -0.2) is 13.2 Å². The molecule has 0 bridgehead atoms. The Morgan fingerprint density at radius 3 is 2.48 bits per heavy atom. The minimum absolute atomic E-state index is 0.221. The summed E-state index contributed by atoms with van der Waals surface area (Å²) < 4.78 is 33.3. The number of carbonyl (C=O) groups is 2. The lowest BCUT2D eigenvalue weighted by Crippen LogP contribution is -2.48. The second-order valence-corrected chi connectivity index (χ2v) is 9.36. The number of esters is 1. The monoisotopic (exact) mass is 444 g/mol. The van der Waals surface area contributed by atoms with E-state index < -0.39 is 16.1 Å². The molecule has 1 heterocycles. The Hall–Kier alpha value is -2.87. The summed E-state index contributed by atoms with van der Waals surface area (Å²) in [4.78, 5) is 27.0. The van der Waals surface area contributed by atoms with Crippen molar-refractivity contribution in [2.24, 2.45) is 0 Å². The molecule has 1 aliphatic rings. The zero-order valence-corrected chi connectivity index (χ0v) is 18.9. The van der Waals surface area contributed by atoms with Crippen LogP contribution in [-0.2, 0) is 19.6 Å². The van der Waals surface area contributed by atoms with Crippen molar-refractivity contribution in [3.8, 4) is 0 Å². The van der Waals surface area contributed by atoms with Crippen molar-refractivity contribution in [2.45, 2.75) is 51.0 Å². The Morgan fingerprint density at radius 2 is 1.81 bits per heavy atom. The van der Waals surface area contributed by atoms with E-state index in [-0.39, 0.29) is 23.4 Å². The van der Waals surface area contributed by atoms with Crippen molar-refractivity contribution >= 4 is 27.6 Å². The largest absolute Gasteiger partial charge is 0.464 e. The van der Waals surface area contributed by atoms with Gasteiger partial charge in [0.2, 0.25) is 0 Å². The SMILES string of the molecule is CCOC(=O)C1CCCCN1C(=O)c1ccc(NS(=O)(=O)c2cc(C)ccc2C)cc1. The number of sulfonamides is 1. The third-order valence-electron chi connectivity index (χ3n) is 5.34. The molecule has 1 fully saturated rings. The topological polar surface area (TPSA) is 92.8 Å².